The van der Waals surface area contributed by atoms with Crippen molar-refractivity contribution in [2.75, 3.05) is 11.9 Å². The highest BCUT2D eigenvalue weighted by Gasteiger charge is 2.38. The van der Waals surface area contributed by atoms with Crippen molar-refractivity contribution >= 4 is 21.6 Å². The molecule has 186 valence electrons. The Morgan fingerprint density at radius 1 is 1.15 bits per heavy atom. The number of alkyl halides is 2. The maximum Gasteiger partial charge on any atom is 0.233 e. The first-order valence-corrected chi connectivity index (χ1v) is 13.0. The highest BCUT2D eigenvalue weighted by Crippen LogP contribution is 2.39. The van der Waals surface area contributed by atoms with Gasteiger partial charge in [0.15, 0.2) is 15.7 Å². The van der Waals surface area contributed by atoms with Crippen molar-refractivity contribution in [2.45, 2.75) is 73.2 Å². The van der Waals surface area contributed by atoms with Gasteiger partial charge in [-0.2, -0.15) is 5.10 Å². The number of carbonyl (C=O) groups is 1. The van der Waals surface area contributed by atoms with Gasteiger partial charge in [-0.1, -0.05) is 12.1 Å². The van der Waals surface area contributed by atoms with Crippen molar-refractivity contribution in [2.24, 2.45) is 5.92 Å². The molecular weight excluding hydrogens is 468 g/mol. The minimum Gasteiger partial charge on any atom is -0.394 e. The molecule has 0 aliphatic heterocycles. The molecular formula is C23H29F2N3O5S. The number of nitrogens with zero attached hydrogens (tertiary/aromatic N) is 2. The molecule has 1 aromatic carbocycles. The number of sulfone groups is 1. The third-order valence-electron chi connectivity index (χ3n) is 6.47. The second-order valence-corrected chi connectivity index (χ2v) is 11.4. The number of rotatable bonds is 10. The second-order valence-electron chi connectivity index (χ2n) is 9.22. The summed E-state index contributed by atoms with van der Waals surface area (Å²) in [7, 11) is -3.37. The van der Waals surface area contributed by atoms with Gasteiger partial charge in [-0.25, -0.2) is 17.2 Å². The van der Waals surface area contributed by atoms with Gasteiger partial charge in [-0.05, 0) is 55.7 Å². The van der Waals surface area contributed by atoms with Gasteiger partial charge in [0.05, 0.1) is 35.3 Å². The third-order valence-corrected chi connectivity index (χ3v) is 8.75. The van der Waals surface area contributed by atoms with Crippen molar-refractivity contribution in [1.29, 1.82) is 0 Å². The molecule has 0 saturated heterocycles. The summed E-state index contributed by atoms with van der Waals surface area (Å²) in [4.78, 5) is 13.4. The normalized spacial score (nSPS) is 24.6. The van der Waals surface area contributed by atoms with Gasteiger partial charge < -0.3 is 15.5 Å². The van der Waals surface area contributed by atoms with E-state index in [4.69, 9.17) is 5.11 Å². The number of hydrogen-bond donors (Lipinski definition) is 3. The first-order valence-electron chi connectivity index (χ1n) is 11.4. The summed E-state index contributed by atoms with van der Waals surface area (Å²) < 4.78 is 53.9. The number of nitrogens with one attached hydrogen (secondary N) is 1. The maximum absolute atomic E-state index is 13.8. The molecule has 2 fully saturated rings. The Kier molecular flexibility index (Phi) is 7.34. The first-order chi connectivity index (χ1) is 16.2. The molecule has 0 bridgehead atoms. The highest BCUT2D eigenvalue weighted by atomic mass is 32.2. The number of benzene rings is 1. The molecule has 4 rings (SSSR count). The molecule has 34 heavy (non-hydrogen) atoms. The van der Waals surface area contributed by atoms with E-state index in [1.165, 1.54) is 22.9 Å². The van der Waals surface area contributed by atoms with E-state index in [1.807, 2.05) is 0 Å². The maximum atomic E-state index is 13.8. The van der Waals surface area contributed by atoms with Gasteiger partial charge in [0.1, 0.15) is 12.3 Å². The van der Waals surface area contributed by atoms with Gasteiger partial charge in [-0.3, -0.25) is 9.48 Å². The topological polar surface area (TPSA) is 122 Å². The molecule has 0 spiro atoms. The number of aliphatic hydroxyl groups excluding tert-OH is 2. The first kappa shape index (κ1) is 24.7. The highest BCUT2D eigenvalue weighted by molar-refractivity contribution is 7.92. The van der Waals surface area contributed by atoms with Crippen molar-refractivity contribution in [1.82, 2.24) is 9.78 Å². The van der Waals surface area contributed by atoms with Crippen LogP contribution in [-0.4, -0.2) is 64.6 Å². The fraction of sp³-hybridized carbons (Fsp3) is 0.565. The van der Waals surface area contributed by atoms with Crippen molar-refractivity contribution in [3.8, 4) is 0 Å². The molecule has 2 saturated carbocycles. The summed E-state index contributed by atoms with van der Waals surface area (Å²) in [5.41, 5.74) is 0.556. The molecule has 1 aromatic heterocycles. The minimum atomic E-state index is -3.37. The predicted molar refractivity (Wildman–Crippen MR) is 120 cm³/mol. The third kappa shape index (κ3) is 5.64. The average molecular weight is 498 g/mol. The van der Waals surface area contributed by atoms with E-state index in [9.17, 15) is 27.1 Å². The standard InChI is InChI=1S/C23H29F2N3O5S/c24-20-10-14(11-21(20)25)9-19(15-1-3-17(4-2-15)34(32,33)18-5-6-18)23(31)26-22-7-8-28(27-22)12-16(30)13-29/h1-4,7-8,14,16,18-21,29-30H,5-6,9-13H2,(H,26,27,31)/t14-,16-,19?,20+,21-/m1/s1. The van der Waals surface area contributed by atoms with Gasteiger partial charge in [0, 0.05) is 12.3 Å². The van der Waals surface area contributed by atoms with Crippen LogP contribution in [0.1, 0.15) is 43.6 Å². The Labute approximate surface area is 196 Å². The van der Waals surface area contributed by atoms with E-state index in [0.717, 1.165) is 0 Å². The van der Waals surface area contributed by atoms with Crippen molar-refractivity contribution < 1.29 is 32.2 Å². The molecule has 2 aliphatic rings. The zero-order valence-corrected chi connectivity index (χ0v) is 19.4. The smallest absolute Gasteiger partial charge is 0.233 e. The van der Waals surface area contributed by atoms with Crippen LogP contribution < -0.4 is 5.32 Å². The molecule has 8 nitrogen and oxygen atoms in total. The lowest BCUT2D eigenvalue weighted by Gasteiger charge is -2.20. The Hall–Kier alpha value is -2.37. The van der Waals surface area contributed by atoms with E-state index in [0.29, 0.717) is 18.4 Å². The Bertz CT molecular complexity index is 1090. The molecule has 2 aliphatic carbocycles. The summed E-state index contributed by atoms with van der Waals surface area (Å²) in [6.45, 7) is -0.382. The van der Waals surface area contributed by atoms with E-state index >= 15 is 0 Å². The average Bonchev–Trinajstić information content (AvgIpc) is 3.52. The lowest BCUT2D eigenvalue weighted by Crippen LogP contribution is -2.24. The summed E-state index contributed by atoms with van der Waals surface area (Å²) in [5.74, 6) is -1.28. The number of aromatic nitrogens is 2. The van der Waals surface area contributed by atoms with Gasteiger partial charge in [0.25, 0.3) is 0 Å². The Morgan fingerprint density at radius 3 is 2.38 bits per heavy atom. The van der Waals surface area contributed by atoms with E-state index in [2.05, 4.69) is 10.4 Å². The number of amides is 1. The number of aliphatic hydroxyl groups is 2. The van der Waals surface area contributed by atoms with Crippen molar-refractivity contribution in [3.05, 3.63) is 42.1 Å². The van der Waals surface area contributed by atoms with Crippen molar-refractivity contribution in [3.63, 3.8) is 0 Å². The zero-order valence-electron chi connectivity index (χ0n) is 18.6. The minimum absolute atomic E-state index is 0.0345. The molecule has 11 heteroatoms. The fourth-order valence-electron chi connectivity index (χ4n) is 4.43. The van der Waals surface area contributed by atoms with E-state index < -0.39 is 46.7 Å². The fourth-order valence-corrected chi connectivity index (χ4v) is 6.08. The van der Waals surface area contributed by atoms with Gasteiger partial charge in [-0.15, -0.1) is 0 Å². The molecule has 2 aromatic rings. The van der Waals surface area contributed by atoms with Gasteiger partial charge in [0.2, 0.25) is 5.91 Å². The molecule has 1 unspecified atom stereocenters. The SMILES string of the molecule is O=C(Nc1ccn(C[C@@H](O)CO)n1)C(C[C@H]1C[C@@H](F)[C@@H](F)C1)c1ccc(S(=O)(=O)C2CC2)cc1. The van der Waals surface area contributed by atoms with Crippen LogP contribution >= 0.6 is 0 Å². The second kappa shape index (κ2) is 10.1. The van der Waals surface area contributed by atoms with Crippen LogP contribution in [0.5, 0.6) is 0 Å². The van der Waals surface area contributed by atoms with Crippen LogP contribution in [0.4, 0.5) is 14.6 Å². The summed E-state index contributed by atoms with van der Waals surface area (Å²) >= 11 is 0. The van der Waals surface area contributed by atoms with Crippen LogP contribution in [-0.2, 0) is 21.2 Å². The van der Waals surface area contributed by atoms with Crippen LogP contribution in [0.2, 0.25) is 0 Å². The molecule has 0 radical (unpaired) electrons. The summed E-state index contributed by atoms with van der Waals surface area (Å²) in [6.07, 6.45) is -0.973. The number of carbonyl (C=O) groups excluding carboxylic acids is 1. The number of hydrogen-bond acceptors (Lipinski definition) is 6. The number of halogens is 2. The molecule has 5 atom stereocenters. The summed E-state index contributed by atoms with van der Waals surface area (Å²) in [6, 6.07) is 7.68. The van der Waals surface area contributed by atoms with Crippen LogP contribution in [0.25, 0.3) is 0 Å². The quantitative estimate of drug-likeness (QED) is 0.463. The largest absolute Gasteiger partial charge is 0.394 e. The molecule has 1 amide bonds. The predicted octanol–water partition coefficient (Wildman–Crippen LogP) is 2.37. The molecule has 3 N–H and O–H groups in total. The van der Waals surface area contributed by atoms with Crippen LogP contribution in [0, 0.1) is 5.92 Å². The Balaban J connectivity index is 1.52. The number of anilines is 1. The van der Waals surface area contributed by atoms with E-state index in [1.54, 1.807) is 18.3 Å². The van der Waals surface area contributed by atoms with Crippen LogP contribution in [0.15, 0.2) is 41.4 Å². The van der Waals surface area contributed by atoms with Gasteiger partial charge >= 0.3 is 0 Å². The van der Waals surface area contributed by atoms with E-state index in [-0.39, 0.29) is 47.7 Å². The lowest BCUT2D eigenvalue weighted by atomic mass is 9.87. The summed E-state index contributed by atoms with van der Waals surface area (Å²) in [5, 5.41) is 25.0. The monoisotopic (exact) mass is 497 g/mol. The zero-order chi connectivity index (χ0) is 24.5. The lowest BCUT2D eigenvalue weighted by molar-refractivity contribution is -0.118. The van der Waals surface area contributed by atoms with Crippen LogP contribution in [0.3, 0.4) is 0 Å². The molecule has 1 heterocycles. The Morgan fingerprint density at radius 2 is 1.79 bits per heavy atom.